The van der Waals surface area contributed by atoms with Crippen LogP contribution in [-0.4, -0.2) is 28.0 Å². The lowest BCUT2D eigenvalue weighted by Crippen LogP contribution is -2.23. The summed E-state index contributed by atoms with van der Waals surface area (Å²) in [7, 11) is 0. The van der Waals surface area contributed by atoms with E-state index in [1.165, 1.54) is 30.3 Å². The minimum atomic E-state index is -0.900. The number of esters is 1. The van der Waals surface area contributed by atoms with E-state index in [4.69, 9.17) is 4.74 Å². The molecule has 1 heterocycles. The predicted octanol–water partition coefficient (Wildman–Crippen LogP) is 3.87. The van der Waals surface area contributed by atoms with Crippen LogP contribution >= 0.6 is 0 Å². The Balaban J connectivity index is 1.76. The number of nitro benzene ring substituents is 1. The molecule has 168 valence electrons. The van der Waals surface area contributed by atoms with Crippen molar-refractivity contribution in [1.82, 2.24) is 4.57 Å². The molecule has 0 radical (unpaired) electrons. The number of non-ortho nitro benzene ring substituents is 1. The average Bonchev–Trinajstić information content (AvgIpc) is 3.02. The van der Waals surface area contributed by atoms with Crippen LogP contribution in [0.2, 0.25) is 0 Å². The number of aromatic nitrogens is 1. The summed E-state index contributed by atoms with van der Waals surface area (Å²) in [6.45, 7) is 3.15. The maximum atomic E-state index is 13.2. The number of nitriles is 1. The monoisotopic (exact) mass is 450 g/mol. The van der Waals surface area contributed by atoms with Crippen LogP contribution < -0.4 is 5.32 Å². The maximum absolute atomic E-state index is 13.2. The van der Waals surface area contributed by atoms with E-state index in [0.29, 0.717) is 5.56 Å². The molecule has 1 amide bonds. The first kappa shape index (κ1) is 23.1. The van der Waals surface area contributed by atoms with Crippen LogP contribution in [0.4, 0.5) is 15.9 Å². The number of nitrogens with zero attached hydrogens (tertiary/aromatic N) is 3. The molecule has 0 aliphatic carbocycles. The zero-order valence-corrected chi connectivity index (χ0v) is 17.8. The third-order valence-electron chi connectivity index (χ3n) is 5.08. The number of halogens is 1. The van der Waals surface area contributed by atoms with Crippen molar-refractivity contribution in [3.8, 4) is 6.07 Å². The molecule has 33 heavy (non-hydrogen) atoms. The fourth-order valence-corrected chi connectivity index (χ4v) is 3.23. The Hall–Kier alpha value is -4.52. The molecule has 0 atom stereocenters. The number of amides is 1. The highest BCUT2D eigenvalue weighted by atomic mass is 19.1. The van der Waals surface area contributed by atoms with Gasteiger partial charge in [0.1, 0.15) is 17.7 Å². The third kappa shape index (κ3) is 5.22. The Morgan fingerprint density at radius 2 is 1.91 bits per heavy atom. The molecule has 0 bridgehead atoms. The van der Waals surface area contributed by atoms with E-state index in [0.717, 1.165) is 17.3 Å². The largest absolute Gasteiger partial charge is 0.452 e. The highest BCUT2D eigenvalue weighted by Crippen LogP contribution is 2.27. The minimum absolute atomic E-state index is 0.0684. The number of nitro groups is 1. The standard InChI is InChI=1S/C23H19FN4O5/c1-14-15(2)27(12-16-6-8-18(24)9-7-16)22(20(14)11-25)26-21(29)13-33-23(30)17-4-3-5-19(10-17)28(31)32/h3-10H,12-13H2,1-2H3,(H,26,29). The van der Waals surface area contributed by atoms with E-state index in [1.54, 1.807) is 30.5 Å². The summed E-state index contributed by atoms with van der Waals surface area (Å²) in [6.07, 6.45) is 0. The van der Waals surface area contributed by atoms with Crippen molar-refractivity contribution in [2.45, 2.75) is 20.4 Å². The van der Waals surface area contributed by atoms with Crippen LogP contribution in [0.15, 0.2) is 48.5 Å². The van der Waals surface area contributed by atoms with E-state index in [-0.39, 0.29) is 35.0 Å². The highest BCUT2D eigenvalue weighted by Gasteiger charge is 2.21. The van der Waals surface area contributed by atoms with E-state index in [9.17, 15) is 29.4 Å². The molecule has 0 saturated carbocycles. The Morgan fingerprint density at radius 3 is 2.55 bits per heavy atom. The van der Waals surface area contributed by atoms with Crippen molar-refractivity contribution >= 4 is 23.4 Å². The summed E-state index contributed by atoms with van der Waals surface area (Å²) in [5.41, 5.74) is 2.07. The lowest BCUT2D eigenvalue weighted by atomic mass is 10.2. The summed E-state index contributed by atoms with van der Waals surface area (Å²) in [5, 5.41) is 23.0. The van der Waals surface area contributed by atoms with E-state index in [1.807, 2.05) is 0 Å². The summed E-state index contributed by atoms with van der Waals surface area (Å²) >= 11 is 0. The molecule has 1 aromatic heterocycles. The van der Waals surface area contributed by atoms with Crippen LogP contribution in [0, 0.1) is 41.1 Å². The van der Waals surface area contributed by atoms with Crippen LogP contribution in [0.1, 0.15) is 32.7 Å². The van der Waals surface area contributed by atoms with Gasteiger partial charge in [0, 0.05) is 24.4 Å². The molecule has 3 aromatic rings. The predicted molar refractivity (Wildman–Crippen MR) is 116 cm³/mol. The summed E-state index contributed by atoms with van der Waals surface area (Å²) in [4.78, 5) is 34.9. The molecule has 0 unspecified atom stereocenters. The molecule has 0 spiro atoms. The number of rotatable bonds is 7. The van der Waals surface area contributed by atoms with Crippen molar-refractivity contribution < 1.29 is 23.6 Å². The van der Waals surface area contributed by atoms with Crippen molar-refractivity contribution in [3.63, 3.8) is 0 Å². The lowest BCUT2D eigenvalue weighted by molar-refractivity contribution is -0.384. The lowest BCUT2D eigenvalue weighted by Gasteiger charge is -2.13. The van der Waals surface area contributed by atoms with Gasteiger partial charge in [-0.25, -0.2) is 9.18 Å². The summed E-state index contributed by atoms with van der Waals surface area (Å²) < 4.78 is 19.9. The third-order valence-corrected chi connectivity index (χ3v) is 5.08. The maximum Gasteiger partial charge on any atom is 0.338 e. The highest BCUT2D eigenvalue weighted by molar-refractivity contribution is 5.96. The van der Waals surface area contributed by atoms with Crippen LogP contribution in [0.25, 0.3) is 0 Å². The molecule has 0 aliphatic heterocycles. The Labute approximate surface area is 188 Å². The second-order valence-corrected chi connectivity index (χ2v) is 7.19. The summed E-state index contributed by atoms with van der Waals surface area (Å²) in [6, 6.07) is 12.8. The molecule has 0 fully saturated rings. The van der Waals surface area contributed by atoms with Crippen molar-refractivity contribution in [2.24, 2.45) is 0 Å². The second-order valence-electron chi connectivity index (χ2n) is 7.19. The number of hydrogen-bond acceptors (Lipinski definition) is 6. The number of nitrogens with one attached hydrogen (secondary N) is 1. The topological polar surface area (TPSA) is 127 Å². The van der Waals surface area contributed by atoms with E-state index in [2.05, 4.69) is 11.4 Å². The molecule has 0 aliphatic rings. The number of carbonyl (C=O) groups excluding carboxylic acids is 2. The van der Waals surface area contributed by atoms with Gasteiger partial charge in [-0.2, -0.15) is 5.26 Å². The van der Waals surface area contributed by atoms with Crippen molar-refractivity contribution in [1.29, 1.82) is 5.26 Å². The molecule has 1 N–H and O–H groups in total. The Bertz CT molecular complexity index is 1280. The van der Waals surface area contributed by atoms with Crippen LogP contribution in [0.5, 0.6) is 0 Å². The van der Waals surface area contributed by atoms with Gasteiger partial charge in [0.05, 0.1) is 16.1 Å². The first-order valence-corrected chi connectivity index (χ1v) is 9.77. The van der Waals surface area contributed by atoms with Gasteiger partial charge in [-0.15, -0.1) is 0 Å². The van der Waals surface area contributed by atoms with Gasteiger partial charge >= 0.3 is 5.97 Å². The normalized spacial score (nSPS) is 10.4. The number of anilines is 1. The molecular formula is C23H19FN4O5. The molecule has 2 aromatic carbocycles. The average molecular weight is 450 g/mol. The van der Waals surface area contributed by atoms with Gasteiger partial charge in [-0.1, -0.05) is 18.2 Å². The van der Waals surface area contributed by atoms with Gasteiger partial charge in [-0.05, 0) is 43.2 Å². The SMILES string of the molecule is Cc1c(C#N)c(NC(=O)COC(=O)c2cccc([N+](=O)[O-])c2)n(Cc2ccc(F)cc2)c1C. The molecule has 10 heteroatoms. The molecule has 0 saturated heterocycles. The Morgan fingerprint density at radius 1 is 1.21 bits per heavy atom. The smallest absolute Gasteiger partial charge is 0.338 e. The second kappa shape index (κ2) is 9.74. The van der Waals surface area contributed by atoms with Gasteiger partial charge in [0.2, 0.25) is 0 Å². The molecule has 9 nitrogen and oxygen atoms in total. The van der Waals surface area contributed by atoms with Crippen LogP contribution in [0.3, 0.4) is 0 Å². The quantitative estimate of drug-likeness (QED) is 0.331. The minimum Gasteiger partial charge on any atom is -0.452 e. The van der Waals surface area contributed by atoms with E-state index < -0.39 is 23.4 Å². The molecule has 3 rings (SSSR count). The number of benzene rings is 2. The van der Waals surface area contributed by atoms with Gasteiger partial charge in [0.25, 0.3) is 11.6 Å². The fourth-order valence-electron chi connectivity index (χ4n) is 3.23. The van der Waals surface area contributed by atoms with Crippen LogP contribution in [-0.2, 0) is 16.1 Å². The van der Waals surface area contributed by atoms with E-state index >= 15 is 0 Å². The first-order chi connectivity index (χ1) is 15.7. The van der Waals surface area contributed by atoms with Gasteiger partial charge in [0.15, 0.2) is 6.61 Å². The number of hydrogen-bond donors (Lipinski definition) is 1. The first-order valence-electron chi connectivity index (χ1n) is 9.77. The van der Waals surface area contributed by atoms with Crippen molar-refractivity contribution in [2.75, 3.05) is 11.9 Å². The fraction of sp³-hybridized carbons (Fsp3) is 0.174. The van der Waals surface area contributed by atoms with Crippen molar-refractivity contribution in [3.05, 3.63) is 92.4 Å². The Kier molecular flexibility index (Phi) is 6.83. The zero-order chi connectivity index (χ0) is 24.1. The zero-order valence-electron chi connectivity index (χ0n) is 17.8. The number of carbonyl (C=O) groups is 2. The summed E-state index contributed by atoms with van der Waals surface area (Å²) in [5.74, 6) is -1.74. The van der Waals surface area contributed by atoms with Gasteiger partial charge < -0.3 is 14.6 Å². The molecular weight excluding hydrogens is 431 g/mol. The van der Waals surface area contributed by atoms with Gasteiger partial charge in [-0.3, -0.25) is 14.9 Å². The number of ether oxygens (including phenoxy) is 1.